The van der Waals surface area contributed by atoms with E-state index in [-0.39, 0.29) is 18.6 Å². The second kappa shape index (κ2) is 10.4. The van der Waals surface area contributed by atoms with Gasteiger partial charge in [0.1, 0.15) is 0 Å². The number of hydrogen-bond donors (Lipinski definition) is 3. The molecule has 2 aliphatic rings. The molecule has 3 N–H and O–H groups in total. The Morgan fingerprint density at radius 1 is 1.26 bits per heavy atom. The lowest BCUT2D eigenvalue weighted by atomic mass is 10.1. The molecule has 1 saturated heterocycles. The zero-order valence-electron chi connectivity index (χ0n) is 18.9. The molecule has 1 aromatic carbocycles. The number of amides is 1. The van der Waals surface area contributed by atoms with Crippen LogP contribution in [0.25, 0.3) is 10.2 Å². The quantitative estimate of drug-likeness (QED) is 0.421. The van der Waals surface area contributed by atoms with Crippen molar-refractivity contribution in [3.05, 3.63) is 36.2 Å². The first kappa shape index (κ1) is 23.3. The predicted molar refractivity (Wildman–Crippen MR) is 135 cm³/mol. The van der Waals surface area contributed by atoms with E-state index in [9.17, 15) is 9.90 Å². The maximum atomic E-state index is 13.0. The zero-order valence-corrected chi connectivity index (χ0v) is 20.6. The Kier molecular flexibility index (Phi) is 7.14. The molecular weight excluding hydrogens is 472 g/mol. The number of benzene rings is 1. The maximum absolute atomic E-state index is 13.0. The molecule has 2 aromatic heterocycles. The van der Waals surface area contributed by atoms with Crippen LogP contribution in [-0.4, -0.2) is 81.6 Å². The van der Waals surface area contributed by atoms with E-state index in [1.807, 2.05) is 36.8 Å². The first-order valence-electron chi connectivity index (χ1n) is 11.4. The fourth-order valence-electron chi connectivity index (χ4n) is 4.41. The molecule has 1 amide bonds. The van der Waals surface area contributed by atoms with Gasteiger partial charge in [-0.1, -0.05) is 11.3 Å². The topological polar surface area (TPSA) is 112 Å². The number of nitrogens with one attached hydrogen (secondary N) is 2. The molecule has 34 heavy (non-hydrogen) atoms. The van der Waals surface area contributed by atoms with Gasteiger partial charge in [0.25, 0.3) is 5.91 Å². The summed E-state index contributed by atoms with van der Waals surface area (Å²) in [5.74, 6) is 0.635. The minimum atomic E-state index is -0.313. The second-order valence-electron chi connectivity index (χ2n) is 8.57. The number of ether oxygens (including phenoxy) is 1. The fourth-order valence-corrected chi connectivity index (χ4v) is 5.71. The number of hydrogen-bond acceptors (Lipinski definition) is 10. The van der Waals surface area contributed by atoms with E-state index >= 15 is 0 Å². The normalized spacial score (nSPS) is 22.8. The highest BCUT2D eigenvalue weighted by molar-refractivity contribution is 7.98. The van der Waals surface area contributed by atoms with Gasteiger partial charge in [0.2, 0.25) is 5.95 Å². The van der Waals surface area contributed by atoms with Crippen molar-refractivity contribution in [3.8, 4) is 0 Å². The maximum Gasteiger partial charge on any atom is 0.254 e. The molecule has 2 fully saturated rings. The molecule has 1 saturated carbocycles. The van der Waals surface area contributed by atoms with E-state index in [4.69, 9.17) is 9.72 Å². The monoisotopic (exact) mass is 500 g/mol. The Labute approximate surface area is 206 Å². The minimum Gasteiger partial charge on any atom is -0.394 e. The van der Waals surface area contributed by atoms with Gasteiger partial charge in [-0.15, -0.1) is 11.8 Å². The van der Waals surface area contributed by atoms with Crippen LogP contribution in [0.15, 0.2) is 35.5 Å². The molecule has 1 aliphatic carbocycles. The van der Waals surface area contributed by atoms with E-state index in [0.717, 1.165) is 39.5 Å². The van der Waals surface area contributed by atoms with Gasteiger partial charge >= 0.3 is 0 Å². The summed E-state index contributed by atoms with van der Waals surface area (Å²) in [6.45, 7) is 1.31. The van der Waals surface area contributed by atoms with E-state index in [2.05, 4.69) is 20.6 Å². The highest BCUT2D eigenvalue weighted by Gasteiger charge is 2.27. The van der Waals surface area contributed by atoms with Crippen molar-refractivity contribution in [2.24, 2.45) is 0 Å². The van der Waals surface area contributed by atoms with Crippen LogP contribution in [0.4, 0.5) is 11.1 Å². The van der Waals surface area contributed by atoms with Gasteiger partial charge in [0, 0.05) is 48.0 Å². The number of thiazole rings is 1. The van der Waals surface area contributed by atoms with E-state index in [0.29, 0.717) is 43.3 Å². The first-order chi connectivity index (χ1) is 16.6. The van der Waals surface area contributed by atoms with Crippen molar-refractivity contribution in [1.29, 1.82) is 0 Å². The fraction of sp³-hybridized carbons (Fsp3) is 0.478. The number of thioether (sulfide) groups is 1. The van der Waals surface area contributed by atoms with Gasteiger partial charge in [-0.2, -0.15) is 0 Å². The van der Waals surface area contributed by atoms with Crippen molar-refractivity contribution >= 4 is 50.3 Å². The number of aliphatic hydroxyl groups is 1. The zero-order chi connectivity index (χ0) is 23.5. The average molecular weight is 501 g/mol. The Bertz CT molecular complexity index is 1140. The van der Waals surface area contributed by atoms with Gasteiger partial charge in [0.05, 0.1) is 29.5 Å². The molecule has 0 bridgehead atoms. The number of nitrogens with zero attached hydrogens (tertiary/aromatic N) is 4. The molecule has 5 rings (SSSR count). The van der Waals surface area contributed by atoms with Gasteiger partial charge in [-0.05, 0) is 43.7 Å². The van der Waals surface area contributed by atoms with Crippen LogP contribution in [0, 0.1) is 0 Å². The second-order valence-corrected chi connectivity index (χ2v) is 10.5. The van der Waals surface area contributed by atoms with Crippen molar-refractivity contribution in [1.82, 2.24) is 19.9 Å². The lowest BCUT2D eigenvalue weighted by molar-refractivity contribution is -0.0447. The Hall–Kier alpha value is -2.47. The van der Waals surface area contributed by atoms with Crippen LogP contribution in [0.1, 0.15) is 29.6 Å². The average Bonchev–Trinajstić information content (AvgIpc) is 3.49. The number of morpholine rings is 1. The van der Waals surface area contributed by atoms with Crippen LogP contribution < -0.4 is 10.6 Å². The summed E-state index contributed by atoms with van der Waals surface area (Å²) in [5.41, 5.74) is 1.52. The molecule has 3 aromatic rings. The smallest absolute Gasteiger partial charge is 0.254 e. The Balaban J connectivity index is 1.20. The van der Waals surface area contributed by atoms with Crippen molar-refractivity contribution in [3.63, 3.8) is 0 Å². The number of rotatable bonds is 7. The number of fused-ring (bicyclic) bond motifs is 1. The Morgan fingerprint density at radius 2 is 2.06 bits per heavy atom. The molecule has 0 spiro atoms. The van der Waals surface area contributed by atoms with Gasteiger partial charge in [0.15, 0.2) is 5.13 Å². The summed E-state index contributed by atoms with van der Waals surface area (Å²) in [4.78, 5) is 29.3. The summed E-state index contributed by atoms with van der Waals surface area (Å²) in [5, 5.41) is 17.2. The molecule has 0 unspecified atom stereocenters. The van der Waals surface area contributed by atoms with E-state index < -0.39 is 0 Å². The Morgan fingerprint density at radius 3 is 2.82 bits per heavy atom. The summed E-state index contributed by atoms with van der Waals surface area (Å²) in [7, 11) is 0. The molecular formula is C23H28N6O3S2. The lowest BCUT2D eigenvalue weighted by Crippen LogP contribution is -2.46. The third-order valence-corrected chi connectivity index (χ3v) is 7.85. The predicted octanol–water partition coefficient (Wildman–Crippen LogP) is 3.09. The van der Waals surface area contributed by atoms with Crippen LogP contribution >= 0.6 is 23.1 Å². The SMILES string of the molecule is CSc1cnc(N[C@H]2CC[C@H](Nc3nc4ccc(C(=O)N5CCO[C@@H](CO)C5)cc4s3)C2)nc1. The van der Waals surface area contributed by atoms with Gasteiger partial charge in [-0.3, -0.25) is 4.79 Å². The molecule has 3 atom stereocenters. The van der Waals surface area contributed by atoms with E-state index in [1.165, 1.54) is 0 Å². The third-order valence-electron chi connectivity index (χ3n) is 6.22. The van der Waals surface area contributed by atoms with E-state index in [1.54, 1.807) is 28.0 Å². The van der Waals surface area contributed by atoms with Crippen molar-refractivity contribution < 1.29 is 14.6 Å². The summed E-state index contributed by atoms with van der Waals surface area (Å²) < 4.78 is 6.44. The molecule has 11 heteroatoms. The number of anilines is 2. The standard InChI is InChI=1S/C23H28N6O3S2/c1-33-18-10-24-22(25-11-18)26-15-3-4-16(9-15)27-23-28-19-5-2-14(8-20(19)34-23)21(31)29-6-7-32-17(12-29)13-30/h2,5,8,10-11,15-17,30H,3-4,6-7,9,12-13H2,1H3,(H,27,28)(H,24,25,26)/t15-,16-,17+/m0/s1. The highest BCUT2D eigenvalue weighted by atomic mass is 32.2. The van der Waals surface area contributed by atoms with Crippen molar-refractivity contribution in [2.45, 2.75) is 42.3 Å². The molecule has 1 aliphatic heterocycles. The summed E-state index contributed by atoms with van der Waals surface area (Å²) in [6, 6.07) is 6.30. The molecule has 0 radical (unpaired) electrons. The van der Waals surface area contributed by atoms with Crippen LogP contribution in [-0.2, 0) is 4.74 Å². The van der Waals surface area contributed by atoms with Gasteiger partial charge in [-0.25, -0.2) is 15.0 Å². The largest absolute Gasteiger partial charge is 0.394 e. The van der Waals surface area contributed by atoms with Gasteiger partial charge < -0.3 is 25.4 Å². The lowest BCUT2D eigenvalue weighted by Gasteiger charge is -2.32. The number of carbonyl (C=O) groups excluding carboxylic acids is 1. The first-order valence-corrected chi connectivity index (χ1v) is 13.5. The summed E-state index contributed by atoms with van der Waals surface area (Å²) >= 11 is 3.20. The summed E-state index contributed by atoms with van der Waals surface area (Å²) in [6.07, 6.45) is 8.44. The van der Waals surface area contributed by atoms with Crippen LogP contribution in [0.3, 0.4) is 0 Å². The number of aromatic nitrogens is 3. The minimum absolute atomic E-state index is 0.0379. The molecule has 9 nitrogen and oxygen atoms in total. The highest BCUT2D eigenvalue weighted by Crippen LogP contribution is 2.31. The van der Waals surface area contributed by atoms with Crippen molar-refractivity contribution in [2.75, 3.05) is 43.2 Å². The number of aliphatic hydroxyl groups excluding tert-OH is 1. The van der Waals surface area contributed by atoms with Crippen LogP contribution in [0.2, 0.25) is 0 Å². The third kappa shape index (κ3) is 5.27. The number of carbonyl (C=O) groups is 1. The van der Waals surface area contributed by atoms with Crippen LogP contribution in [0.5, 0.6) is 0 Å². The molecule has 3 heterocycles. The molecule has 180 valence electrons.